The lowest BCUT2D eigenvalue weighted by atomic mass is 10.1. The van der Waals surface area contributed by atoms with Gasteiger partial charge in [0.15, 0.2) is 6.61 Å². The van der Waals surface area contributed by atoms with Crippen LogP contribution in [0.2, 0.25) is 0 Å². The van der Waals surface area contributed by atoms with Crippen molar-refractivity contribution in [2.45, 2.75) is 13.8 Å². The van der Waals surface area contributed by atoms with Crippen molar-refractivity contribution in [2.75, 3.05) is 45.2 Å². The Hall–Kier alpha value is -2.38. The first-order valence-electron chi connectivity index (χ1n) is 9.61. The molecule has 0 saturated carbocycles. The summed E-state index contributed by atoms with van der Waals surface area (Å²) in [7, 11) is 2.05. The maximum absolute atomic E-state index is 12.7. The molecule has 0 unspecified atom stereocenters. The van der Waals surface area contributed by atoms with Crippen LogP contribution in [-0.4, -0.2) is 61.4 Å². The van der Waals surface area contributed by atoms with Gasteiger partial charge in [0, 0.05) is 41.9 Å². The van der Waals surface area contributed by atoms with Gasteiger partial charge in [-0.1, -0.05) is 22.0 Å². The summed E-state index contributed by atoms with van der Waals surface area (Å²) in [5, 5.41) is 2.82. The van der Waals surface area contributed by atoms with E-state index in [2.05, 4.69) is 33.2 Å². The van der Waals surface area contributed by atoms with Crippen molar-refractivity contribution < 1.29 is 14.3 Å². The molecule has 1 saturated heterocycles. The van der Waals surface area contributed by atoms with Crippen molar-refractivity contribution in [1.29, 1.82) is 0 Å². The van der Waals surface area contributed by atoms with Gasteiger partial charge < -0.3 is 19.9 Å². The maximum Gasteiger partial charge on any atom is 0.262 e. The average Bonchev–Trinajstić information content (AvgIpc) is 2.67. The highest BCUT2D eigenvalue weighted by Gasteiger charge is 2.20. The van der Waals surface area contributed by atoms with Crippen molar-refractivity contribution in [1.82, 2.24) is 9.80 Å². The smallest absolute Gasteiger partial charge is 0.262 e. The van der Waals surface area contributed by atoms with Crippen LogP contribution in [0.25, 0.3) is 0 Å². The van der Waals surface area contributed by atoms with Crippen molar-refractivity contribution in [2.24, 2.45) is 0 Å². The number of carbonyl (C=O) groups is 2. The standard InChI is InChI=1S/C22H26BrN3O3/c1-15-11-18(23)12-16(2)21(15)29-14-20(27)24-19-6-4-5-17(13-19)22(28)26-9-7-25(3)8-10-26/h4-6,11-13H,7-10,14H2,1-3H3,(H,24,27). The number of hydrogen-bond acceptors (Lipinski definition) is 4. The first-order valence-corrected chi connectivity index (χ1v) is 10.4. The molecule has 0 spiro atoms. The predicted octanol–water partition coefficient (Wildman–Crippen LogP) is 3.47. The summed E-state index contributed by atoms with van der Waals surface area (Å²) >= 11 is 3.45. The molecule has 7 heteroatoms. The highest BCUT2D eigenvalue weighted by atomic mass is 79.9. The highest BCUT2D eigenvalue weighted by molar-refractivity contribution is 9.10. The lowest BCUT2D eigenvalue weighted by molar-refractivity contribution is -0.118. The van der Waals surface area contributed by atoms with E-state index in [-0.39, 0.29) is 18.4 Å². The molecule has 1 N–H and O–H groups in total. The Morgan fingerprint density at radius 2 is 1.72 bits per heavy atom. The number of amides is 2. The zero-order valence-corrected chi connectivity index (χ0v) is 18.6. The Balaban J connectivity index is 1.60. The minimum atomic E-state index is -0.268. The van der Waals surface area contributed by atoms with Gasteiger partial charge in [-0.3, -0.25) is 9.59 Å². The molecule has 2 amide bonds. The van der Waals surface area contributed by atoms with Gasteiger partial charge in [-0.15, -0.1) is 0 Å². The fourth-order valence-electron chi connectivity index (χ4n) is 3.38. The minimum Gasteiger partial charge on any atom is -0.483 e. The van der Waals surface area contributed by atoms with Gasteiger partial charge in [0.05, 0.1) is 0 Å². The monoisotopic (exact) mass is 459 g/mol. The number of hydrogen-bond donors (Lipinski definition) is 1. The van der Waals surface area contributed by atoms with E-state index in [1.54, 1.807) is 24.3 Å². The van der Waals surface area contributed by atoms with Gasteiger partial charge in [0.2, 0.25) is 0 Å². The number of piperazine rings is 1. The van der Waals surface area contributed by atoms with Gasteiger partial charge in [-0.25, -0.2) is 0 Å². The Kier molecular flexibility index (Phi) is 6.92. The van der Waals surface area contributed by atoms with Crippen LogP contribution in [0.1, 0.15) is 21.5 Å². The van der Waals surface area contributed by atoms with Crippen LogP contribution in [0.5, 0.6) is 5.75 Å². The molecule has 1 aliphatic heterocycles. The predicted molar refractivity (Wildman–Crippen MR) is 118 cm³/mol. The zero-order chi connectivity index (χ0) is 21.0. The molecule has 2 aromatic rings. The quantitative estimate of drug-likeness (QED) is 0.743. The molecule has 1 aliphatic rings. The molecule has 0 aromatic heterocycles. The van der Waals surface area contributed by atoms with Crippen molar-refractivity contribution in [3.63, 3.8) is 0 Å². The summed E-state index contributed by atoms with van der Waals surface area (Å²) in [5.41, 5.74) is 3.09. The fourth-order valence-corrected chi connectivity index (χ4v) is 4.07. The topological polar surface area (TPSA) is 61.9 Å². The Bertz CT molecular complexity index is 885. The molecule has 1 fully saturated rings. The van der Waals surface area contributed by atoms with Gasteiger partial charge in [0.1, 0.15) is 5.75 Å². The van der Waals surface area contributed by atoms with Crippen LogP contribution < -0.4 is 10.1 Å². The zero-order valence-electron chi connectivity index (χ0n) is 17.0. The molecule has 0 aliphatic carbocycles. The Morgan fingerprint density at radius 1 is 1.07 bits per heavy atom. The lowest BCUT2D eigenvalue weighted by Gasteiger charge is -2.32. The third-order valence-electron chi connectivity index (χ3n) is 4.96. The van der Waals surface area contributed by atoms with Crippen molar-refractivity contribution >= 4 is 33.4 Å². The molecule has 3 rings (SSSR count). The number of anilines is 1. The molecule has 0 bridgehead atoms. The summed E-state index contributed by atoms with van der Waals surface area (Å²) in [6, 6.07) is 11.0. The number of halogens is 1. The number of nitrogens with zero attached hydrogens (tertiary/aromatic N) is 2. The molecule has 29 heavy (non-hydrogen) atoms. The maximum atomic E-state index is 12.7. The third-order valence-corrected chi connectivity index (χ3v) is 5.41. The number of rotatable bonds is 5. The van der Waals surface area contributed by atoms with Crippen LogP contribution >= 0.6 is 15.9 Å². The van der Waals surface area contributed by atoms with Gasteiger partial charge >= 0.3 is 0 Å². The largest absolute Gasteiger partial charge is 0.483 e. The molecular formula is C22H26BrN3O3. The second-order valence-electron chi connectivity index (χ2n) is 7.38. The van der Waals surface area contributed by atoms with Crippen LogP contribution in [-0.2, 0) is 4.79 Å². The van der Waals surface area contributed by atoms with Crippen LogP contribution in [0.4, 0.5) is 5.69 Å². The summed E-state index contributed by atoms with van der Waals surface area (Å²) in [5.74, 6) is 0.435. The molecule has 1 heterocycles. The molecule has 0 radical (unpaired) electrons. The molecule has 2 aromatic carbocycles. The summed E-state index contributed by atoms with van der Waals surface area (Å²) in [4.78, 5) is 29.1. The van der Waals surface area contributed by atoms with Gasteiger partial charge in [0.25, 0.3) is 11.8 Å². The first-order chi connectivity index (χ1) is 13.8. The molecular weight excluding hydrogens is 434 g/mol. The number of ether oxygens (including phenoxy) is 1. The fraction of sp³-hybridized carbons (Fsp3) is 0.364. The Morgan fingerprint density at radius 3 is 2.38 bits per heavy atom. The van der Waals surface area contributed by atoms with E-state index in [0.29, 0.717) is 30.1 Å². The second kappa shape index (κ2) is 9.41. The third kappa shape index (κ3) is 5.58. The average molecular weight is 460 g/mol. The minimum absolute atomic E-state index is 0.00781. The van der Waals surface area contributed by atoms with E-state index in [9.17, 15) is 9.59 Å². The van der Waals surface area contributed by atoms with Crippen molar-refractivity contribution in [3.8, 4) is 5.75 Å². The number of carbonyl (C=O) groups excluding carboxylic acids is 2. The summed E-state index contributed by atoms with van der Waals surface area (Å²) in [6.45, 7) is 6.96. The summed E-state index contributed by atoms with van der Waals surface area (Å²) < 4.78 is 6.70. The van der Waals surface area contributed by atoms with Crippen LogP contribution in [0, 0.1) is 13.8 Å². The number of likely N-dealkylation sites (N-methyl/N-ethyl adjacent to an activating group) is 1. The van der Waals surface area contributed by atoms with Gasteiger partial charge in [-0.05, 0) is 62.4 Å². The van der Waals surface area contributed by atoms with E-state index in [1.807, 2.05) is 30.9 Å². The van der Waals surface area contributed by atoms with E-state index in [0.717, 1.165) is 28.7 Å². The molecule has 0 atom stereocenters. The van der Waals surface area contributed by atoms with Crippen molar-refractivity contribution in [3.05, 3.63) is 57.6 Å². The first kappa shape index (κ1) is 21.3. The number of nitrogens with one attached hydrogen (secondary N) is 1. The van der Waals surface area contributed by atoms with Gasteiger partial charge in [-0.2, -0.15) is 0 Å². The number of benzene rings is 2. The van der Waals surface area contributed by atoms with E-state index < -0.39 is 0 Å². The molecule has 6 nitrogen and oxygen atoms in total. The number of aryl methyl sites for hydroxylation is 2. The highest BCUT2D eigenvalue weighted by Crippen LogP contribution is 2.27. The van der Waals surface area contributed by atoms with E-state index >= 15 is 0 Å². The van der Waals surface area contributed by atoms with Crippen LogP contribution in [0.15, 0.2) is 40.9 Å². The Labute approximate surface area is 180 Å². The van der Waals surface area contributed by atoms with Crippen LogP contribution in [0.3, 0.4) is 0 Å². The van der Waals surface area contributed by atoms with E-state index in [4.69, 9.17) is 4.74 Å². The SMILES string of the molecule is Cc1cc(Br)cc(C)c1OCC(=O)Nc1cccc(C(=O)N2CCN(C)CC2)c1. The second-order valence-corrected chi connectivity index (χ2v) is 8.30. The lowest BCUT2D eigenvalue weighted by Crippen LogP contribution is -2.47. The summed E-state index contributed by atoms with van der Waals surface area (Å²) in [6.07, 6.45) is 0. The normalized spacial score (nSPS) is 14.6. The van der Waals surface area contributed by atoms with E-state index in [1.165, 1.54) is 0 Å². The molecule has 154 valence electrons.